The summed E-state index contributed by atoms with van der Waals surface area (Å²) in [5.41, 5.74) is 4.91. The highest BCUT2D eigenvalue weighted by Crippen LogP contribution is 2.22. The molecule has 0 heterocycles. The van der Waals surface area contributed by atoms with Gasteiger partial charge in [0.1, 0.15) is 0 Å². The molecule has 0 radical (unpaired) electrons. The lowest BCUT2D eigenvalue weighted by molar-refractivity contribution is 0.667. The van der Waals surface area contributed by atoms with Gasteiger partial charge in [-0.2, -0.15) is 0 Å². The van der Waals surface area contributed by atoms with Crippen molar-refractivity contribution >= 4 is 23.0 Å². The lowest BCUT2D eigenvalue weighted by Gasteiger charge is -2.09. The van der Waals surface area contributed by atoms with Gasteiger partial charge in [-0.05, 0) is 53.9 Å². The van der Waals surface area contributed by atoms with Crippen molar-refractivity contribution in [1.29, 1.82) is 0 Å². The third-order valence-electron chi connectivity index (χ3n) is 3.98. The fraction of sp³-hybridized carbons (Fsp3) is 0.350. The first kappa shape index (κ1) is 17.5. The van der Waals surface area contributed by atoms with E-state index in [1.54, 1.807) is 0 Å². The lowest BCUT2D eigenvalue weighted by atomic mass is 10.0. The molecule has 0 bridgehead atoms. The zero-order chi connectivity index (χ0) is 16.5. The molecule has 0 aliphatic carbocycles. The third-order valence-corrected chi connectivity index (χ3v) is 4.28. The van der Waals surface area contributed by atoms with Crippen LogP contribution in [0.3, 0.4) is 0 Å². The second-order valence-electron chi connectivity index (χ2n) is 5.79. The summed E-state index contributed by atoms with van der Waals surface area (Å²) in [5, 5.41) is 6.67. The van der Waals surface area contributed by atoms with Gasteiger partial charge >= 0.3 is 0 Å². The van der Waals surface area contributed by atoms with Crippen LogP contribution in [0.5, 0.6) is 0 Å². The minimum atomic E-state index is 0.630. The van der Waals surface area contributed by atoms with Gasteiger partial charge in [0, 0.05) is 12.7 Å². The van der Waals surface area contributed by atoms with Crippen molar-refractivity contribution in [2.24, 2.45) is 0 Å². The first-order valence-electron chi connectivity index (χ1n) is 8.41. The maximum Gasteiger partial charge on any atom is 0.170 e. The number of thiocarbonyl (C=S) groups is 1. The molecule has 0 aliphatic heterocycles. The quantitative estimate of drug-likeness (QED) is 0.527. The summed E-state index contributed by atoms with van der Waals surface area (Å²) in [6, 6.07) is 17.3. The van der Waals surface area contributed by atoms with E-state index in [4.69, 9.17) is 12.2 Å². The molecular formula is C20H26N2S. The summed E-state index contributed by atoms with van der Waals surface area (Å²) in [7, 11) is 1.81. The van der Waals surface area contributed by atoms with E-state index in [9.17, 15) is 0 Å². The Morgan fingerprint density at radius 2 is 1.48 bits per heavy atom. The molecule has 0 spiro atoms. The Balaban J connectivity index is 1.95. The van der Waals surface area contributed by atoms with E-state index in [0.717, 1.165) is 5.69 Å². The van der Waals surface area contributed by atoms with Crippen LogP contribution in [0.25, 0.3) is 11.1 Å². The molecule has 0 atom stereocenters. The zero-order valence-electron chi connectivity index (χ0n) is 14.1. The molecule has 122 valence electrons. The molecule has 2 aromatic carbocycles. The average molecular weight is 327 g/mol. The second-order valence-corrected chi connectivity index (χ2v) is 6.20. The van der Waals surface area contributed by atoms with Gasteiger partial charge in [0.15, 0.2) is 5.11 Å². The topological polar surface area (TPSA) is 24.1 Å². The first-order valence-corrected chi connectivity index (χ1v) is 8.82. The maximum atomic E-state index is 5.11. The zero-order valence-corrected chi connectivity index (χ0v) is 14.9. The van der Waals surface area contributed by atoms with E-state index < -0.39 is 0 Å². The van der Waals surface area contributed by atoms with Crippen LogP contribution >= 0.6 is 12.2 Å². The summed E-state index contributed by atoms with van der Waals surface area (Å²) in [4.78, 5) is 0. The Hall–Kier alpha value is -1.87. The molecule has 0 fully saturated rings. The summed E-state index contributed by atoms with van der Waals surface area (Å²) in [6.07, 6.45) is 6.45. The number of benzene rings is 2. The SMILES string of the molecule is CCCCCCc1ccc(-c2ccc(NC(=S)NC)cc2)cc1. The van der Waals surface area contributed by atoms with Crippen LogP contribution in [0.4, 0.5) is 5.69 Å². The van der Waals surface area contributed by atoms with Crippen LogP contribution in [0.15, 0.2) is 48.5 Å². The molecule has 2 N–H and O–H groups in total. The Kier molecular flexibility index (Phi) is 7.08. The van der Waals surface area contributed by atoms with Crippen molar-refractivity contribution in [3.63, 3.8) is 0 Å². The molecule has 0 aromatic heterocycles. The monoisotopic (exact) mass is 326 g/mol. The minimum absolute atomic E-state index is 0.630. The van der Waals surface area contributed by atoms with Gasteiger partial charge in [0.25, 0.3) is 0 Å². The molecule has 0 unspecified atom stereocenters. The molecule has 0 aliphatic rings. The number of hydrogen-bond donors (Lipinski definition) is 2. The number of anilines is 1. The number of nitrogens with one attached hydrogen (secondary N) is 2. The van der Waals surface area contributed by atoms with Gasteiger partial charge < -0.3 is 10.6 Å². The van der Waals surface area contributed by atoms with Crippen LogP contribution in [0.2, 0.25) is 0 Å². The molecular weight excluding hydrogens is 300 g/mol. The van der Waals surface area contributed by atoms with Crippen LogP contribution in [0.1, 0.15) is 38.2 Å². The molecule has 2 aromatic rings. The van der Waals surface area contributed by atoms with Crippen molar-refractivity contribution in [1.82, 2.24) is 5.32 Å². The van der Waals surface area contributed by atoms with E-state index in [0.29, 0.717) is 5.11 Å². The average Bonchev–Trinajstić information content (AvgIpc) is 2.60. The molecule has 2 rings (SSSR count). The fourth-order valence-electron chi connectivity index (χ4n) is 2.56. The van der Waals surface area contributed by atoms with Gasteiger partial charge in [0.05, 0.1) is 0 Å². The van der Waals surface area contributed by atoms with Gasteiger partial charge in [-0.15, -0.1) is 0 Å². The van der Waals surface area contributed by atoms with Crippen LogP contribution in [-0.4, -0.2) is 12.2 Å². The molecule has 0 amide bonds. The van der Waals surface area contributed by atoms with E-state index >= 15 is 0 Å². The van der Waals surface area contributed by atoms with E-state index in [2.05, 4.69) is 66.1 Å². The molecule has 23 heavy (non-hydrogen) atoms. The van der Waals surface area contributed by atoms with Crippen LogP contribution < -0.4 is 10.6 Å². The van der Waals surface area contributed by atoms with E-state index in [1.165, 1.54) is 48.8 Å². The van der Waals surface area contributed by atoms with Gasteiger partial charge in [-0.1, -0.05) is 62.6 Å². The number of aryl methyl sites for hydroxylation is 1. The number of unbranched alkanes of at least 4 members (excludes halogenated alkanes) is 3. The predicted octanol–water partition coefficient (Wildman–Crippen LogP) is 5.39. The van der Waals surface area contributed by atoms with Gasteiger partial charge in [-0.3, -0.25) is 0 Å². The molecule has 0 saturated carbocycles. The van der Waals surface area contributed by atoms with Crippen molar-refractivity contribution in [3.05, 3.63) is 54.1 Å². The Morgan fingerprint density at radius 3 is 2.04 bits per heavy atom. The van der Waals surface area contributed by atoms with Gasteiger partial charge in [-0.25, -0.2) is 0 Å². The fourth-order valence-corrected chi connectivity index (χ4v) is 2.68. The standard InChI is InChI=1S/C20H26N2S/c1-3-4-5-6-7-16-8-10-17(11-9-16)18-12-14-19(15-13-18)22-20(23)21-2/h8-15H,3-7H2,1-2H3,(H2,21,22,23). The van der Waals surface area contributed by atoms with Gasteiger partial charge in [0.2, 0.25) is 0 Å². The number of hydrogen-bond acceptors (Lipinski definition) is 1. The van der Waals surface area contributed by atoms with Crippen molar-refractivity contribution in [3.8, 4) is 11.1 Å². The van der Waals surface area contributed by atoms with E-state index in [1.807, 2.05) is 7.05 Å². The maximum absolute atomic E-state index is 5.11. The minimum Gasteiger partial charge on any atom is -0.366 e. The summed E-state index contributed by atoms with van der Waals surface area (Å²) >= 11 is 5.11. The van der Waals surface area contributed by atoms with Crippen molar-refractivity contribution in [2.45, 2.75) is 39.0 Å². The largest absolute Gasteiger partial charge is 0.366 e. The smallest absolute Gasteiger partial charge is 0.170 e. The highest BCUT2D eigenvalue weighted by Gasteiger charge is 2.00. The first-order chi connectivity index (χ1) is 11.2. The van der Waals surface area contributed by atoms with Crippen molar-refractivity contribution < 1.29 is 0 Å². The summed E-state index contributed by atoms with van der Waals surface area (Å²) in [6.45, 7) is 2.25. The van der Waals surface area contributed by atoms with E-state index in [-0.39, 0.29) is 0 Å². The lowest BCUT2D eigenvalue weighted by Crippen LogP contribution is -2.23. The molecule has 0 saturated heterocycles. The molecule has 2 nitrogen and oxygen atoms in total. The Morgan fingerprint density at radius 1 is 0.870 bits per heavy atom. The summed E-state index contributed by atoms with van der Waals surface area (Å²) in [5.74, 6) is 0. The summed E-state index contributed by atoms with van der Waals surface area (Å²) < 4.78 is 0. The van der Waals surface area contributed by atoms with Crippen molar-refractivity contribution in [2.75, 3.05) is 12.4 Å². The Labute approximate surface area is 145 Å². The normalized spacial score (nSPS) is 10.3. The predicted molar refractivity (Wildman–Crippen MR) is 105 cm³/mol. The second kappa shape index (κ2) is 9.31. The molecule has 3 heteroatoms. The highest BCUT2D eigenvalue weighted by molar-refractivity contribution is 7.80. The number of rotatable bonds is 7. The van der Waals surface area contributed by atoms with Crippen LogP contribution in [0, 0.1) is 0 Å². The highest BCUT2D eigenvalue weighted by atomic mass is 32.1. The van der Waals surface area contributed by atoms with Crippen LogP contribution in [-0.2, 0) is 6.42 Å². The third kappa shape index (κ3) is 5.68. The Bertz CT molecular complexity index is 603.